The van der Waals surface area contributed by atoms with Crippen LogP contribution in [0.15, 0.2) is 26.4 Å². The van der Waals surface area contributed by atoms with Crippen LogP contribution >= 0.6 is 15.9 Å². The maximum Gasteiger partial charge on any atom is 0.404 e. The van der Waals surface area contributed by atoms with Crippen LogP contribution in [0, 0.1) is 0 Å². The van der Waals surface area contributed by atoms with E-state index < -0.39 is 27.8 Å². The molecule has 0 saturated carbocycles. The Labute approximate surface area is 123 Å². The molecule has 1 atom stereocenters. The summed E-state index contributed by atoms with van der Waals surface area (Å²) in [5, 5.41) is 0. The number of nitrogens with one attached hydrogen (secondary N) is 1. The fourth-order valence-electron chi connectivity index (χ4n) is 1.95. The number of amides is 1. The predicted molar refractivity (Wildman–Crippen MR) is 72.6 cm³/mol. The SMILES string of the molecule is NC(=O)O[C@H]1CCN(S(=O)(=O)c2cc(Br)c[nH]c2=O)C1. The van der Waals surface area contributed by atoms with Gasteiger partial charge >= 0.3 is 6.09 Å². The lowest BCUT2D eigenvalue weighted by molar-refractivity contribution is 0.114. The van der Waals surface area contributed by atoms with Gasteiger partial charge in [-0.3, -0.25) is 4.79 Å². The Morgan fingerprint density at radius 2 is 2.25 bits per heavy atom. The van der Waals surface area contributed by atoms with Gasteiger partial charge in [-0.2, -0.15) is 4.31 Å². The lowest BCUT2D eigenvalue weighted by Gasteiger charge is -2.15. The number of primary amides is 1. The first-order valence-corrected chi connectivity index (χ1v) is 7.88. The van der Waals surface area contributed by atoms with Crippen LogP contribution in [0.5, 0.6) is 0 Å². The van der Waals surface area contributed by atoms with Gasteiger partial charge in [-0.15, -0.1) is 0 Å². The van der Waals surface area contributed by atoms with Crippen LogP contribution in [-0.4, -0.2) is 43.0 Å². The minimum absolute atomic E-state index is 0.0166. The van der Waals surface area contributed by atoms with Crippen LogP contribution in [0.3, 0.4) is 0 Å². The number of ether oxygens (including phenoxy) is 1. The van der Waals surface area contributed by atoms with Crippen molar-refractivity contribution in [2.45, 2.75) is 17.4 Å². The van der Waals surface area contributed by atoms with Crippen molar-refractivity contribution < 1.29 is 17.9 Å². The summed E-state index contributed by atoms with van der Waals surface area (Å²) < 4.78 is 31.0. The fraction of sp³-hybridized carbons (Fsp3) is 0.400. The van der Waals surface area contributed by atoms with Crippen LogP contribution < -0.4 is 11.3 Å². The number of hydrogen-bond acceptors (Lipinski definition) is 5. The minimum Gasteiger partial charge on any atom is -0.445 e. The highest BCUT2D eigenvalue weighted by Gasteiger charge is 2.35. The zero-order valence-electron chi connectivity index (χ0n) is 10.2. The van der Waals surface area contributed by atoms with Gasteiger partial charge < -0.3 is 15.5 Å². The molecule has 0 bridgehead atoms. The Morgan fingerprint density at radius 3 is 2.90 bits per heavy atom. The van der Waals surface area contributed by atoms with Gasteiger partial charge in [0.15, 0.2) is 0 Å². The van der Waals surface area contributed by atoms with Crippen molar-refractivity contribution in [3.8, 4) is 0 Å². The van der Waals surface area contributed by atoms with Crippen LogP contribution in [0.2, 0.25) is 0 Å². The molecule has 0 aliphatic carbocycles. The minimum atomic E-state index is -3.93. The maximum absolute atomic E-state index is 12.4. The van der Waals surface area contributed by atoms with Crippen molar-refractivity contribution in [3.05, 3.63) is 27.1 Å². The normalized spacial score (nSPS) is 19.9. The number of sulfonamides is 1. The van der Waals surface area contributed by atoms with E-state index in [1.165, 1.54) is 12.3 Å². The molecule has 2 rings (SSSR count). The van der Waals surface area contributed by atoms with Gasteiger partial charge in [-0.25, -0.2) is 13.2 Å². The zero-order chi connectivity index (χ0) is 14.9. The van der Waals surface area contributed by atoms with E-state index in [9.17, 15) is 18.0 Å². The summed E-state index contributed by atoms with van der Waals surface area (Å²) in [5.41, 5.74) is 4.19. The summed E-state index contributed by atoms with van der Waals surface area (Å²) in [6, 6.07) is 1.23. The summed E-state index contributed by atoms with van der Waals surface area (Å²) in [4.78, 5) is 24.3. The second kappa shape index (κ2) is 5.54. The molecule has 20 heavy (non-hydrogen) atoms. The number of pyridine rings is 1. The number of aromatic nitrogens is 1. The summed E-state index contributed by atoms with van der Waals surface area (Å²) >= 11 is 3.10. The quantitative estimate of drug-likeness (QED) is 0.779. The molecule has 1 amide bonds. The Balaban J connectivity index is 2.26. The van der Waals surface area contributed by atoms with E-state index in [4.69, 9.17) is 10.5 Å². The van der Waals surface area contributed by atoms with Crippen molar-refractivity contribution in [2.24, 2.45) is 5.73 Å². The largest absolute Gasteiger partial charge is 0.445 e. The van der Waals surface area contributed by atoms with E-state index in [0.717, 1.165) is 4.31 Å². The molecule has 0 aromatic carbocycles. The van der Waals surface area contributed by atoms with E-state index in [1.807, 2.05) is 0 Å². The van der Waals surface area contributed by atoms with E-state index in [0.29, 0.717) is 10.9 Å². The highest BCUT2D eigenvalue weighted by atomic mass is 79.9. The lowest BCUT2D eigenvalue weighted by atomic mass is 10.3. The molecule has 1 saturated heterocycles. The molecule has 1 aromatic heterocycles. The number of nitrogens with two attached hydrogens (primary N) is 1. The van der Waals surface area contributed by atoms with E-state index in [2.05, 4.69) is 20.9 Å². The average molecular weight is 366 g/mol. The third-order valence-corrected chi connectivity index (χ3v) is 5.17. The average Bonchev–Trinajstić information content (AvgIpc) is 2.80. The monoisotopic (exact) mass is 365 g/mol. The third kappa shape index (κ3) is 3.02. The molecule has 110 valence electrons. The lowest BCUT2D eigenvalue weighted by Crippen LogP contribution is -2.34. The number of nitrogens with zero attached hydrogens (tertiary/aromatic N) is 1. The Kier molecular flexibility index (Phi) is 4.16. The van der Waals surface area contributed by atoms with Gasteiger partial charge in [0, 0.05) is 17.2 Å². The highest BCUT2D eigenvalue weighted by molar-refractivity contribution is 9.10. The number of halogens is 1. The number of aromatic amines is 1. The molecule has 0 radical (unpaired) electrons. The van der Waals surface area contributed by atoms with Crippen molar-refractivity contribution in [3.63, 3.8) is 0 Å². The van der Waals surface area contributed by atoms with E-state index in [-0.39, 0.29) is 18.0 Å². The highest BCUT2D eigenvalue weighted by Crippen LogP contribution is 2.22. The first kappa shape index (κ1) is 15.0. The van der Waals surface area contributed by atoms with Gasteiger partial charge in [0.25, 0.3) is 5.56 Å². The summed E-state index contributed by atoms with van der Waals surface area (Å²) in [7, 11) is -3.93. The molecule has 10 heteroatoms. The van der Waals surface area contributed by atoms with E-state index >= 15 is 0 Å². The number of hydrogen-bond donors (Lipinski definition) is 2. The molecule has 1 aliphatic heterocycles. The van der Waals surface area contributed by atoms with Gasteiger partial charge in [-0.05, 0) is 28.4 Å². The zero-order valence-corrected chi connectivity index (χ0v) is 12.6. The number of H-pyrrole nitrogens is 1. The maximum atomic E-state index is 12.4. The van der Waals surface area contributed by atoms with Crippen LogP contribution in [0.25, 0.3) is 0 Å². The molecule has 8 nitrogen and oxygen atoms in total. The van der Waals surface area contributed by atoms with Gasteiger partial charge in [-0.1, -0.05) is 0 Å². The molecular formula is C10H12BrN3O5S. The van der Waals surface area contributed by atoms with Crippen LogP contribution in [-0.2, 0) is 14.8 Å². The number of carbonyl (C=O) groups is 1. The Hall–Kier alpha value is -1.39. The molecular weight excluding hydrogens is 354 g/mol. The van der Waals surface area contributed by atoms with Gasteiger partial charge in [0.05, 0.1) is 6.54 Å². The third-order valence-electron chi connectivity index (χ3n) is 2.84. The van der Waals surface area contributed by atoms with Crippen molar-refractivity contribution in [1.82, 2.24) is 9.29 Å². The molecule has 0 unspecified atom stereocenters. The first-order chi connectivity index (χ1) is 9.30. The molecule has 2 heterocycles. The molecule has 1 fully saturated rings. The Morgan fingerprint density at radius 1 is 1.55 bits per heavy atom. The second-order valence-electron chi connectivity index (χ2n) is 4.22. The summed E-state index contributed by atoms with van der Waals surface area (Å²) in [6.07, 6.45) is 0.154. The number of rotatable bonds is 3. The van der Waals surface area contributed by atoms with Crippen molar-refractivity contribution in [2.75, 3.05) is 13.1 Å². The van der Waals surface area contributed by atoms with Crippen molar-refractivity contribution in [1.29, 1.82) is 0 Å². The topological polar surface area (TPSA) is 123 Å². The second-order valence-corrected chi connectivity index (χ2v) is 7.04. The summed E-state index contributed by atoms with van der Waals surface area (Å²) in [6.45, 7) is 0.142. The molecule has 1 aliphatic rings. The van der Waals surface area contributed by atoms with Gasteiger partial charge in [0.1, 0.15) is 11.0 Å². The molecule has 3 N–H and O–H groups in total. The fourth-order valence-corrected chi connectivity index (χ4v) is 4.00. The predicted octanol–water partition coefficient (Wildman–Crippen LogP) is -0.00430. The summed E-state index contributed by atoms with van der Waals surface area (Å²) in [5.74, 6) is 0. The standard InChI is InChI=1S/C10H12BrN3O5S/c11-6-3-8(9(15)13-4-6)20(17,18)14-2-1-7(5-14)19-10(12)16/h3-4,7H,1-2,5H2,(H2,12,16)(H,13,15)/t7-/m0/s1. The number of carbonyl (C=O) groups excluding carboxylic acids is 1. The molecule has 1 aromatic rings. The molecule has 0 spiro atoms. The van der Waals surface area contributed by atoms with Crippen molar-refractivity contribution >= 4 is 32.0 Å². The smallest absolute Gasteiger partial charge is 0.404 e. The van der Waals surface area contributed by atoms with Crippen LogP contribution in [0.1, 0.15) is 6.42 Å². The van der Waals surface area contributed by atoms with Crippen LogP contribution in [0.4, 0.5) is 4.79 Å². The Bertz CT molecular complexity index is 686. The first-order valence-electron chi connectivity index (χ1n) is 5.65. The van der Waals surface area contributed by atoms with Gasteiger partial charge in [0.2, 0.25) is 10.0 Å². The van der Waals surface area contributed by atoms with E-state index in [1.54, 1.807) is 0 Å².